The molecule has 1 aliphatic rings. The van der Waals surface area contributed by atoms with Crippen LogP contribution in [0.3, 0.4) is 0 Å². The molecule has 3 rings (SSSR count). The van der Waals surface area contributed by atoms with E-state index in [1.165, 1.54) is 24.0 Å². The van der Waals surface area contributed by atoms with Crippen LogP contribution in [0.4, 0.5) is 0 Å². The molecular weight excluding hydrogens is 270 g/mol. The molecular formula is C17H18ClNO. The molecule has 1 N–H and O–H groups in total. The first-order chi connectivity index (χ1) is 9.76. The van der Waals surface area contributed by atoms with Crippen LogP contribution < -0.4 is 10.1 Å². The van der Waals surface area contributed by atoms with E-state index in [0.29, 0.717) is 6.04 Å². The topological polar surface area (TPSA) is 21.3 Å². The third-order valence-electron chi connectivity index (χ3n) is 3.61. The van der Waals surface area contributed by atoms with Crippen molar-refractivity contribution in [3.63, 3.8) is 0 Å². The van der Waals surface area contributed by atoms with E-state index < -0.39 is 0 Å². The van der Waals surface area contributed by atoms with E-state index in [0.717, 1.165) is 22.9 Å². The quantitative estimate of drug-likeness (QED) is 0.887. The van der Waals surface area contributed by atoms with Crippen LogP contribution in [0.5, 0.6) is 5.75 Å². The number of nitrogens with one attached hydrogen (secondary N) is 1. The van der Waals surface area contributed by atoms with E-state index in [1.54, 1.807) is 7.11 Å². The molecule has 0 amide bonds. The van der Waals surface area contributed by atoms with Crippen LogP contribution in [0.25, 0.3) is 11.1 Å². The van der Waals surface area contributed by atoms with Crippen molar-refractivity contribution in [1.82, 2.24) is 5.32 Å². The minimum atomic E-state index is 0.687. The standard InChI is InChI=1S/C17H18ClNO/c1-20-16-4-2-3-12(10-16)17-8-5-14(18)9-13(17)11-19-15-6-7-15/h2-5,8-10,15,19H,6-7,11H2,1H3. The Morgan fingerprint density at radius 3 is 2.80 bits per heavy atom. The summed E-state index contributed by atoms with van der Waals surface area (Å²) in [4.78, 5) is 0. The summed E-state index contributed by atoms with van der Waals surface area (Å²) in [7, 11) is 1.69. The Balaban J connectivity index is 1.93. The van der Waals surface area contributed by atoms with Crippen molar-refractivity contribution in [2.75, 3.05) is 7.11 Å². The summed E-state index contributed by atoms with van der Waals surface area (Å²) in [5.74, 6) is 0.874. The fraction of sp³-hybridized carbons (Fsp3) is 0.294. The second-order valence-electron chi connectivity index (χ2n) is 5.19. The van der Waals surface area contributed by atoms with Gasteiger partial charge in [-0.2, -0.15) is 0 Å². The average Bonchev–Trinajstić information content (AvgIpc) is 3.29. The van der Waals surface area contributed by atoms with E-state index in [4.69, 9.17) is 16.3 Å². The van der Waals surface area contributed by atoms with E-state index >= 15 is 0 Å². The summed E-state index contributed by atoms with van der Waals surface area (Å²) in [5.41, 5.74) is 3.60. The molecule has 0 unspecified atom stereocenters. The molecule has 1 fully saturated rings. The first kappa shape index (κ1) is 13.5. The van der Waals surface area contributed by atoms with Crippen molar-refractivity contribution in [2.45, 2.75) is 25.4 Å². The molecule has 0 atom stereocenters. The molecule has 3 heteroatoms. The van der Waals surface area contributed by atoms with Crippen molar-refractivity contribution < 1.29 is 4.74 Å². The molecule has 20 heavy (non-hydrogen) atoms. The highest BCUT2D eigenvalue weighted by molar-refractivity contribution is 6.30. The van der Waals surface area contributed by atoms with Crippen LogP contribution >= 0.6 is 11.6 Å². The van der Waals surface area contributed by atoms with Crippen molar-refractivity contribution in [3.8, 4) is 16.9 Å². The van der Waals surface area contributed by atoms with Gasteiger partial charge >= 0.3 is 0 Å². The smallest absolute Gasteiger partial charge is 0.119 e. The number of hydrogen-bond donors (Lipinski definition) is 1. The van der Waals surface area contributed by atoms with Gasteiger partial charge in [0.15, 0.2) is 0 Å². The van der Waals surface area contributed by atoms with Gasteiger partial charge in [-0.15, -0.1) is 0 Å². The Labute approximate surface area is 124 Å². The van der Waals surface area contributed by atoms with Crippen LogP contribution in [0.2, 0.25) is 5.02 Å². The van der Waals surface area contributed by atoms with E-state index in [9.17, 15) is 0 Å². The maximum Gasteiger partial charge on any atom is 0.119 e. The molecule has 2 nitrogen and oxygen atoms in total. The Morgan fingerprint density at radius 1 is 1.20 bits per heavy atom. The monoisotopic (exact) mass is 287 g/mol. The minimum absolute atomic E-state index is 0.687. The minimum Gasteiger partial charge on any atom is -0.497 e. The molecule has 0 saturated heterocycles. The van der Waals surface area contributed by atoms with Gasteiger partial charge < -0.3 is 10.1 Å². The first-order valence-corrected chi connectivity index (χ1v) is 7.30. The maximum atomic E-state index is 6.14. The van der Waals surface area contributed by atoms with Gasteiger partial charge in [0.1, 0.15) is 5.75 Å². The fourth-order valence-corrected chi connectivity index (χ4v) is 2.52. The summed E-state index contributed by atoms with van der Waals surface area (Å²) in [5, 5.41) is 4.33. The lowest BCUT2D eigenvalue weighted by molar-refractivity contribution is 0.415. The number of methoxy groups -OCH3 is 1. The number of hydrogen-bond acceptors (Lipinski definition) is 2. The molecule has 0 aromatic heterocycles. The Bertz CT molecular complexity index is 608. The zero-order valence-electron chi connectivity index (χ0n) is 11.5. The number of ether oxygens (including phenoxy) is 1. The highest BCUT2D eigenvalue weighted by Crippen LogP contribution is 2.30. The molecule has 2 aromatic rings. The van der Waals surface area contributed by atoms with Gasteiger partial charge in [0.2, 0.25) is 0 Å². The highest BCUT2D eigenvalue weighted by atomic mass is 35.5. The van der Waals surface area contributed by atoms with Gasteiger partial charge in [-0.05, 0) is 53.8 Å². The summed E-state index contributed by atoms with van der Waals surface area (Å²) in [6.45, 7) is 0.859. The van der Waals surface area contributed by atoms with Crippen molar-refractivity contribution in [1.29, 1.82) is 0 Å². The van der Waals surface area contributed by atoms with E-state index in [2.05, 4.69) is 23.5 Å². The highest BCUT2D eigenvalue weighted by Gasteiger charge is 2.20. The number of halogens is 1. The second kappa shape index (κ2) is 5.86. The molecule has 0 bridgehead atoms. The molecule has 0 radical (unpaired) electrons. The van der Waals surface area contributed by atoms with Crippen LogP contribution in [-0.4, -0.2) is 13.2 Å². The summed E-state index contributed by atoms with van der Waals surface area (Å²) >= 11 is 6.14. The van der Waals surface area contributed by atoms with Crippen LogP contribution in [0.15, 0.2) is 42.5 Å². The van der Waals surface area contributed by atoms with Crippen molar-refractivity contribution in [3.05, 3.63) is 53.1 Å². The first-order valence-electron chi connectivity index (χ1n) is 6.92. The van der Waals surface area contributed by atoms with Crippen LogP contribution in [0.1, 0.15) is 18.4 Å². The zero-order chi connectivity index (χ0) is 13.9. The Kier molecular flexibility index (Phi) is 3.95. The summed E-state index contributed by atoms with van der Waals surface area (Å²) in [6, 6.07) is 14.9. The lowest BCUT2D eigenvalue weighted by Gasteiger charge is -2.12. The van der Waals surface area contributed by atoms with Gasteiger partial charge in [-0.1, -0.05) is 29.8 Å². The summed E-state index contributed by atoms with van der Waals surface area (Å²) < 4.78 is 5.31. The SMILES string of the molecule is COc1cccc(-c2ccc(Cl)cc2CNC2CC2)c1. The van der Waals surface area contributed by atoms with Crippen molar-refractivity contribution >= 4 is 11.6 Å². The van der Waals surface area contributed by atoms with Gasteiger partial charge in [0, 0.05) is 17.6 Å². The lowest BCUT2D eigenvalue weighted by Crippen LogP contribution is -2.15. The van der Waals surface area contributed by atoms with Crippen LogP contribution in [0, 0.1) is 0 Å². The lowest BCUT2D eigenvalue weighted by atomic mass is 9.99. The molecule has 1 saturated carbocycles. The van der Waals surface area contributed by atoms with Gasteiger partial charge in [-0.3, -0.25) is 0 Å². The summed E-state index contributed by atoms with van der Waals surface area (Å²) in [6.07, 6.45) is 2.57. The molecule has 0 heterocycles. The van der Waals surface area contributed by atoms with Gasteiger partial charge in [0.05, 0.1) is 7.11 Å². The average molecular weight is 288 g/mol. The Hall–Kier alpha value is -1.51. The molecule has 2 aromatic carbocycles. The molecule has 104 valence electrons. The van der Waals surface area contributed by atoms with Gasteiger partial charge in [-0.25, -0.2) is 0 Å². The largest absolute Gasteiger partial charge is 0.497 e. The maximum absolute atomic E-state index is 6.14. The third-order valence-corrected chi connectivity index (χ3v) is 3.84. The zero-order valence-corrected chi connectivity index (χ0v) is 12.3. The van der Waals surface area contributed by atoms with Gasteiger partial charge in [0.25, 0.3) is 0 Å². The predicted octanol–water partition coefficient (Wildman–Crippen LogP) is 4.27. The molecule has 0 aliphatic heterocycles. The third kappa shape index (κ3) is 3.14. The predicted molar refractivity (Wildman–Crippen MR) is 83.3 cm³/mol. The van der Waals surface area contributed by atoms with Crippen molar-refractivity contribution in [2.24, 2.45) is 0 Å². The normalized spacial score (nSPS) is 14.3. The molecule has 1 aliphatic carbocycles. The Morgan fingerprint density at radius 2 is 2.05 bits per heavy atom. The second-order valence-corrected chi connectivity index (χ2v) is 5.63. The number of benzene rings is 2. The molecule has 0 spiro atoms. The fourth-order valence-electron chi connectivity index (χ4n) is 2.32. The van der Waals surface area contributed by atoms with Crippen LogP contribution in [-0.2, 0) is 6.54 Å². The van der Waals surface area contributed by atoms with E-state index in [1.807, 2.05) is 24.3 Å². The number of rotatable bonds is 5. The van der Waals surface area contributed by atoms with E-state index in [-0.39, 0.29) is 0 Å².